The minimum absolute atomic E-state index is 0.346. The number of carbonyl (C=O) groups is 1. The Labute approximate surface area is 159 Å². The minimum Gasteiger partial charge on any atom is -0.444 e. The molecule has 0 spiro atoms. The predicted molar refractivity (Wildman–Crippen MR) is 99.9 cm³/mol. The number of ether oxygens (including phenoxy) is 1. The van der Waals surface area contributed by atoms with Crippen molar-refractivity contribution in [2.24, 2.45) is 13.0 Å². The van der Waals surface area contributed by atoms with E-state index >= 15 is 0 Å². The van der Waals surface area contributed by atoms with Crippen LogP contribution in [-0.2, 0) is 11.8 Å². The van der Waals surface area contributed by atoms with Crippen LogP contribution in [0.5, 0.6) is 0 Å². The van der Waals surface area contributed by atoms with Crippen molar-refractivity contribution >= 4 is 17.9 Å². The third-order valence-electron chi connectivity index (χ3n) is 4.44. The number of carbonyl (C=O) groups excluding carboxylic acids is 1. The zero-order chi connectivity index (χ0) is 19.2. The van der Waals surface area contributed by atoms with E-state index in [2.05, 4.69) is 20.8 Å². The lowest BCUT2D eigenvalue weighted by molar-refractivity contribution is 0.0416. The first-order valence-corrected chi connectivity index (χ1v) is 10.3. The number of nitrogens with one attached hydrogen (secondary N) is 1. The number of aliphatic hydroxyl groups excluding tert-OH is 1. The third kappa shape index (κ3) is 7.11. The molecule has 26 heavy (non-hydrogen) atoms. The van der Waals surface area contributed by atoms with Crippen LogP contribution >= 0.6 is 11.8 Å². The normalized spacial score (nSPS) is 18.3. The first kappa shape index (κ1) is 21.0. The number of aromatic nitrogens is 4. The highest BCUT2D eigenvalue weighted by Gasteiger charge is 2.28. The molecule has 0 bridgehead atoms. The lowest BCUT2D eigenvalue weighted by atomic mass is 9.84. The van der Waals surface area contributed by atoms with Gasteiger partial charge >= 0.3 is 6.09 Å². The largest absolute Gasteiger partial charge is 0.444 e. The molecule has 1 aliphatic rings. The Bertz CT molecular complexity index is 569. The van der Waals surface area contributed by atoms with Gasteiger partial charge in [0.15, 0.2) is 0 Å². The number of tetrazole rings is 1. The summed E-state index contributed by atoms with van der Waals surface area (Å²) in [5.41, 5.74) is -0.566. The standard InChI is InChI=1S/C17H31N5O3S/c1-17(2,3)25-16(24)18-13(10-12-8-6-5-7-9-12)14(23)11-26-15-19-20-21-22(15)4/h12-14,23H,5-11H2,1-4H3,(H,18,24). The van der Waals surface area contributed by atoms with Crippen LogP contribution in [0.2, 0.25) is 0 Å². The number of amides is 1. The van der Waals surface area contributed by atoms with Gasteiger partial charge in [0.25, 0.3) is 0 Å². The van der Waals surface area contributed by atoms with E-state index < -0.39 is 17.8 Å². The molecule has 1 fully saturated rings. The number of hydrogen-bond donors (Lipinski definition) is 2. The molecular weight excluding hydrogens is 354 g/mol. The fourth-order valence-corrected chi connectivity index (χ4v) is 4.04. The van der Waals surface area contributed by atoms with Gasteiger partial charge in [-0.3, -0.25) is 0 Å². The van der Waals surface area contributed by atoms with E-state index in [1.165, 1.54) is 31.0 Å². The fourth-order valence-electron chi connectivity index (χ4n) is 3.17. The SMILES string of the molecule is Cn1nnnc1SCC(O)C(CC1CCCCC1)NC(=O)OC(C)(C)C. The van der Waals surface area contributed by atoms with E-state index in [0.717, 1.165) is 19.3 Å². The number of rotatable bonds is 7. The molecule has 1 saturated carbocycles. The molecule has 0 aromatic carbocycles. The van der Waals surface area contributed by atoms with Crippen LogP contribution in [0.15, 0.2) is 5.16 Å². The van der Waals surface area contributed by atoms with Crippen molar-refractivity contribution in [3.05, 3.63) is 0 Å². The number of alkyl carbamates (subject to hydrolysis) is 1. The van der Waals surface area contributed by atoms with Crippen molar-refractivity contribution < 1.29 is 14.6 Å². The molecule has 2 atom stereocenters. The maximum Gasteiger partial charge on any atom is 0.407 e. The van der Waals surface area contributed by atoms with Crippen molar-refractivity contribution in [2.45, 2.75) is 82.2 Å². The van der Waals surface area contributed by atoms with Crippen LogP contribution in [0.4, 0.5) is 4.79 Å². The summed E-state index contributed by atoms with van der Waals surface area (Å²) in [5, 5.41) is 25.5. The van der Waals surface area contributed by atoms with E-state index in [1.807, 2.05) is 20.8 Å². The van der Waals surface area contributed by atoms with Gasteiger partial charge in [-0.2, -0.15) is 0 Å². The average Bonchev–Trinajstić information content (AvgIpc) is 2.96. The van der Waals surface area contributed by atoms with E-state index in [0.29, 0.717) is 16.8 Å². The number of hydrogen-bond acceptors (Lipinski definition) is 7. The maximum atomic E-state index is 12.2. The first-order valence-electron chi connectivity index (χ1n) is 9.27. The first-order chi connectivity index (χ1) is 12.2. The zero-order valence-corrected chi connectivity index (χ0v) is 17.0. The number of aliphatic hydroxyl groups is 1. The summed E-state index contributed by atoms with van der Waals surface area (Å²) in [5.74, 6) is 0.932. The second-order valence-electron chi connectivity index (χ2n) is 7.96. The molecule has 1 aromatic rings. The highest BCUT2D eigenvalue weighted by molar-refractivity contribution is 7.99. The van der Waals surface area contributed by atoms with Crippen LogP contribution in [0.1, 0.15) is 59.3 Å². The Morgan fingerprint density at radius 1 is 1.38 bits per heavy atom. The Hall–Kier alpha value is -1.35. The van der Waals surface area contributed by atoms with E-state index in [-0.39, 0.29) is 6.04 Å². The van der Waals surface area contributed by atoms with E-state index in [1.54, 1.807) is 11.7 Å². The van der Waals surface area contributed by atoms with Gasteiger partial charge in [-0.05, 0) is 43.5 Å². The van der Waals surface area contributed by atoms with Gasteiger partial charge in [-0.15, -0.1) is 5.10 Å². The monoisotopic (exact) mass is 385 g/mol. The summed E-state index contributed by atoms with van der Waals surface area (Å²) < 4.78 is 6.94. The van der Waals surface area contributed by atoms with Gasteiger partial charge in [-0.25, -0.2) is 9.48 Å². The maximum absolute atomic E-state index is 12.2. The molecule has 1 aliphatic carbocycles. The van der Waals surface area contributed by atoms with Gasteiger partial charge in [0.2, 0.25) is 5.16 Å². The van der Waals surface area contributed by atoms with Crippen LogP contribution in [0.25, 0.3) is 0 Å². The van der Waals surface area contributed by atoms with Crippen molar-refractivity contribution in [3.8, 4) is 0 Å². The second kappa shape index (κ2) is 9.55. The molecule has 0 saturated heterocycles. The van der Waals surface area contributed by atoms with Crippen molar-refractivity contribution in [3.63, 3.8) is 0 Å². The molecule has 1 heterocycles. The molecule has 1 aromatic heterocycles. The highest BCUT2D eigenvalue weighted by atomic mass is 32.2. The van der Waals surface area contributed by atoms with Gasteiger partial charge in [0, 0.05) is 12.8 Å². The summed E-state index contributed by atoms with van der Waals surface area (Å²) >= 11 is 1.38. The molecular formula is C17H31N5O3S. The van der Waals surface area contributed by atoms with Crippen LogP contribution in [-0.4, -0.2) is 54.9 Å². The molecule has 1 amide bonds. The predicted octanol–water partition coefficient (Wildman–Crippen LogP) is 2.53. The summed E-state index contributed by atoms with van der Waals surface area (Å²) in [6, 6.07) is -0.346. The second-order valence-corrected chi connectivity index (χ2v) is 8.94. The van der Waals surface area contributed by atoms with E-state index in [4.69, 9.17) is 4.74 Å². The number of aryl methyl sites for hydroxylation is 1. The molecule has 8 nitrogen and oxygen atoms in total. The van der Waals surface area contributed by atoms with Crippen molar-refractivity contribution in [1.82, 2.24) is 25.5 Å². The molecule has 2 N–H and O–H groups in total. The number of nitrogens with zero attached hydrogens (tertiary/aromatic N) is 4. The summed E-state index contributed by atoms with van der Waals surface area (Å²) in [6.07, 6.45) is 5.60. The third-order valence-corrected chi connectivity index (χ3v) is 5.56. The molecule has 2 rings (SSSR count). The lowest BCUT2D eigenvalue weighted by Crippen LogP contribution is -2.47. The van der Waals surface area contributed by atoms with Crippen LogP contribution < -0.4 is 5.32 Å². The Kier molecular flexibility index (Phi) is 7.69. The zero-order valence-electron chi connectivity index (χ0n) is 16.1. The minimum atomic E-state index is -0.703. The summed E-state index contributed by atoms with van der Waals surface area (Å²) in [7, 11) is 1.76. The van der Waals surface area contributed by atoms with E-state index in [9.17, 15) is 9.90 Å². The molecule has 0 radical (unpaired) electrons. The topological polar surface area (TPSA) is 102 Å². The summed E-state index contributed by atoms with van der Waals surface area (Å²) in [6.45, 7) is 5.49. The molecule has 0 aliphatic heterocycles. The van der Waals surface area contributed by atoms with Crippen LogP contribution in [0.3, 0.4) is 0 Å². The smallest absolute Gasteiger partial charge is 0.407 e. The van der Waals surface area contributed by atoms with Gasteiger partial charge in [0.1, 0.15) is 5.60 Å². The molecule has 9 heteroatoms. The molecule has 148 valence electrons. The highest BCUT2D eigenvalue weighted by Crippen LogP contribution is 2.29. The van der Waals surface area contributed by atoms with Gasteiger partial charge < -0.3 is 15.2 Å². The Morgan fingerprint density at radius 2 is 2.08 bits per heavy atom. The van der Waals surface area contributed by atoms with Gasteiger partial charge in [-0.1, -0.05) is 43.9 Å². The van der Waals surface area contributed by atoms with Crippen LogP contribution in [0, 0.1) is 5.92 Å². The quantitative estimate of drug-likeness (QED) is 0.695. The van der Waals surface area contributed by atoms with Crippen molar-refractivity contribution in [2.75, 3.05) is 5.75 Å². The fraction of sp³-hybridized carbons (Fsp3) is 0.882. The lowest BCUT2D eigenvalue weighted by Gasteiger charge is -2.30. The van der Waals surface area contributed by atoms with Crippen molar-refractivity contribution in [1.29, 1.82) is 0 Å². The average molecular weight is 386 g/mol. The number of thioether (sulfide) groups is 1. The van der Waals surface area contributed by atoms with Gasteiger partial charge in [0.05, 0.1) is 12.1 Å². The Balaban J connectivity index is 1.95. The Morgan fingerprint density at radius 3 is 2.65 bits per heavy atom. The summed E-state index contributed by atoms with van der Waals surface area (Å²) in [4.78, 5) is 12.2. The molecule has 2 unspecified atom stereocenters.